The lowest BCUT2D eigenvalue weighted by molar-refractivity contribution is -0.384. The molecule has 1 aliphatic carbocycles. The molecule has 5 heteroatoms. The van der Waals surface area contributed by atoms with Crippen LogP contribution in [0.15, 0.2) is 30.5 Å². The van der Waals surface area contributed by atoms with Gasteiger partial charge in [-0.15, -0.1) is 0 Å². The number of ketones is 1. The van der Waals surface area contributed by atoms with E-state index in [0.717, 1.165) is 36.7 Å². The lowest BCUT2D eigenvalue weighted by Crippen LogP contribution is -2.09. The molecule has 1 aliphatic rings. The largest absolute Gasteiger partial charge is 0.347 e. The van der Waals surface area contributed by atoms with Crippen molar-refractivity contribution in [1.82, 2.24) is 4.57 Å². The summed E-state index contributed by atoms with van der Waals surface area (Å²) in [6.45, 7) is 0.737. The Morgan fingerprint density at radius 2 is 2.20 bits per heavy atom. The predicted octanol–water partition coefficient (Wildman–Crippen LogP) is 3.31. The minimum Gasteiger partial charge on any atom is -0.347 e. The molecule has 3 rings (SSSR count). The number of benzene rings is 1. The molecule has 1 aromatic carbocycles. The third kappa shape index (κ3) is 2.31. The van der Waals surface area contributed by atoms with E-state index < -0.39 is 0 Å². The number of rotatable bonds is 4. The number of nitro groups is 1. The molecule has 0 amide bonds. The second kappa shape index (κ2) is 5.07. The summed E-state index contributed by atoms with van der Waals surface area (Å²) in [7, 11) is 0. The molecule has 20 heavy (non-hydrogen) atoms. The van der Waals surface area contributed by atoms with E-state index in [-0.39, 0.29) is 16.5 Å². The van der Waals surface area contributed by atoms with Crippen LogP contribution in [0.1, 0.15) is 25.7 Å². The van der Waals surface area contributed by atoms with Crippen LogP contribution < -0.4 is 0 Å². The molecule has 0 N–H and O–H groups in total. The highest BCUT2D eigenvalue weighted by Gasteiger charge is 2.23. The summed E-state index contributed by atoms with van der Waals surface area (Å²) >= 11 is 0. The van der Waals surface area contributed by atoms with Gasteiger partial charge in [0.15, 0.2) is 0 Å². The standard InChI is InChI=1S/C15H16N2O3/c18-15-3-1-2-12(15)7-9-16-8-6-11-4-5-13(17(19)20)10-14(11)16/h4-6,8,10,12H,1-3,7,9H2. The first kappa shape index (κ1) is 12.8. The van der Waals surface area contributed by atoms with Gasteiger partial charge in [0.1, 0.15) is 5.78 Å². The summed E-state index contributed by atoms with van der Waals surface area (Å²) < 4.78 is 2.01. The number of non-ortho nitro benzene ring substituents is 1. The van der Waals surface area contributed by atoms with Gasteiger partial charge in [0.2, 0.25) is 0 Å². The van der Waals surface area contributed by atoms with Crippen LogP contribution in [0.3, 0.4) is 0 Å². The Kier molecular flexibility index (Phi) is 3.26. The molecule has 0 saturated heterocycles. The zero-order chi connectivity index (χ0) is 14.1. The smallest absolute Gasteiger partial charge is 0.271 e. The van der Waals surface area contributed by atoms with E-state index in [9.17, 15) is 14.9 Å². The number of Topliss-reactive ketones (excluding diaryl/α,β-unsaturated/α-hetero) is 1. The van der Waals surface area contributed by atoms with E-state index in [0.29, 0.717) is 12.2 Å². The molecule has 0 bridgehead atoms. The van der Waals surface area contributed by atoms with Gasteiger partial charge in [-0.2, -0.15) is 0 Å². The average molecular weight is 272 g/mol. The van der Waals surface area contributed by atoms with Gasteiger partial charge in [0, 0.05) is 42.6 Å². The van der Waals surface area contributed by atoms with Crippen LogP contribution in [-0.2, 0) is 11.3 Å². The van der Waals surface area contributed by atoms with Crippen molar-refractivity contribution in [2.45, 2.75) is 32.2 Å². The number of carbonyl (C=O) groups excluding carboxylic acids is 1. The van der Waals surface area contributed by atoms with Crippen LogP contribution in [0.4, 0.5) is 5.69 Å². The first-order valence-corrected chi connectivity index (χ1v) is 6.91. The number of nitrogens with zero attached hydrogens (tertiary/aromatic N) is 2. The fourth-order valence-corrected chi connectivity index (χ4v) is 2.97. The van der Waals surface area contributed by atoms with E-state index in [4.69, 9.17) is 0 Å². The highest BCUT2D eigenvalue weighted by molar-refractivity contribution is 5.83. The zero-order valence-electron chi connectivity index (χ0n) is 11.1. The number of hydrogen-bond acceptors (Lipinski definition) is 3. The molecular formula is C15H16N2O3. The van der Waals surface area contributed by atoms with Gasteiger partial charge in [0.25, 0.3) is 5.69 Å². The predicted molar refractivity (Wildman–Crippen MR) is 75.6 cm³/mol. The number of hydrogen-bond donors (Lipinski definition) is 0. The van der Waals surface area contributed by atoms with Gasteiger partial charge in [-0.3, -0.25) is 14.9 Å². The van der Waals surface area contributed by atoms with Crippen LogP contribution in [0, 0.1) is 16.0 Å². The molecule has 0 aliphatic heterocycles. The average Bonchev–Trinajstić information content (AvgIpc) is 3.02. The molecule has 1 fully saturated rings. The maximum absolute atomic E-state index is 11.6. The molecule has 5 nitrogen and oxygen atoms in total. The Labute approximate surface area is 116 Å². The van der Waals surface area contributed by atoms with Crippen molar-refractivity contribution < 1.29 is 9.72 Å². The number of aryl methyl sites for hydroxylation is 1. The van der Waals surface area contributed by atoms with Crippen molar-refractivity contribution in [3.8, 4) is 0 Å². The van der Waals surface area contributed by atoms with Crippen LogP contribution >= 0.6 is 0 Å². The van der Waals surface area contributed by atoms with Crippen LogP contribution in [-0.4, -0.2) is 15.3 Å². The number of carbonyl (C=O) groups is 1. The van der Waals surface area contributed by atoms with Crippen molar-refractivity contribution in [3.63, 3.8) is 0 Å². The van der Waals surface area contributed by atoms with E-state index in [1.165, 1.54) is 6.07 Å². The van der Waals surface area contributed by atoms with Crippen molar-refractivity contribution in [2.75, 3.05) is 0 Å². The summed E-state index contributed by atoms with van der Waals surface area (Å²) in [5, 5.41) is 11.8. The molecule has 2 aromatic rings. The van der Waals surface area contributed by atoms with Gasteiger partial charge < -0.3 is 4.57 Å². The lowest BCUT2D eigenvalue weighted by atomic mass is 10.0. The van der Waals surface area contributed by atoms with Crippen molar-refractivity contribution >= 4 is 22.4 Å². The fraction of sp³-hybridized carbons (Fsp3) is 0.400. The number of nitro benzene ring substituents is 1. The maximum Gasteiger partial charge on any atom is 0.271 e. The highest BCUT2D eigenvalue weighted by atomic mass is 16.6. The lowest BCUT2D eigenvalue weighted by Gasteiger charge is -2.09. The van der Waals surface area contributed by atoms with Gasteiger partial charge >= 0.3 is 0 Å². The molecule has 104 valence electrons. The molecule has 0 spiro atoms. The van der Waals surface area contributed by atoms with Crippen molar-refractivity contribution in [1.29, 1.82) is 0 Å². The van der Waals surface area contributed by atoms with Gasteiger partial charge in [-0.25, -0.2) is 0 Å². The number of fused-ring (bicyclic) bond motifs is 1. The minimum atomic E-state index is -0.378. The first-order valence-electron chi connectivity index (χ1n) is 6.91. The zero-order valence-corrected chi connectivity index (χ0v) is 11.1. The third-order valence-corrected chi connectivity index (χ3v) is 4.12. The Hall–Kier alpha value is -2.17. The Balaban J connectivity index is 1.82. The second-order valence-electron chi connectivity index (χ2n) is 5.35. The Morgan fingerprint density at radius 3 is 2.90 bits per heavy atom. The highest BCUT2D eigenvalue weighted by Crippen LogP contribution is 2.27. The van der Waals surface area contributed by atoms with E-state index >= 15 is 0 Å². The molecule has 1 heterocycles. The fourth-order valence-electron chi connectivity index (χ4n) is 2.97. The topological polar surface area (TPSA) is 65.1 Å². The monoisotopic (exact) mass is 272 g/mol. The Bertz CT molecular complexity index is 675. The van der Waals surface area contributed by atoms with E-state index in [1.54, 1.807) is 12.1 Å². The normalized spacial score (nSPS) is 18.8. The summed E-state index contributed by atoms with van der Waals surface area (Å²) in [4.78, 5) is 22.1. The molecular weight excluding hydrogens is 256 g/mol. The molecule has 1 unspecified atom stereocenters. The van der Waals surface area contributed by atoms with E-state index in [1.807, 2.05) is 16.8 Å². The van der Waals surface area contributed by atoms with Gasteiger partial charge in [0.05, 0.1) is 10.4 Å². The molecule has 1 saturated carbocycles. The van der Waals surface area contributed by atoms with Crippen LogP contribution in [0.5, 0.6) is 0 Å². The Morgan fingerprint density at radius 1 is 1.35 bits per heavy atom. The number of aromatic nitrogens is 1. The third-order valence-electron chi connectivity index (χ3n) is 4.12. The van der Waals surface area contributed by atoms with Crippen LogP contribution in [0.25, 0.3) is 10.9 Å². The SMILES string of the molecule is O=C1CCCC1CCn1ccc2ccc([N+](=O)[O-])cc21. The summed E-state index contributed by atoms with van der Waals surface area (Å²) in [5.74, 6) is 0.540. The van der Waals surface area contributed by atoms with E-state index in [2.05, 4.69) is 0 Å². The van der Waals surface area contributed by atoms with Crippen molar-refractivity contribution in [3.05, 3.63) is 40.6 Å². The maximum atomic E-state index is 11.6. The first-order chi connectivity index (χ1) is 9.65. The summed E-state index contributed by atoms with van der Waals surface area (Å²) in [6.07, 6.45) is 5.46. The quantitative estimate of drug-likeness (QED) is 0.633. The molecule has 1 atom stereocenters. The summed E-state index contributed by atoms with van der Waals surface area (Å²) in [6, 6.07) is 6.85. The molecule has 0 radical (unpaired) electrons. The second-order valence-corrected chi connectivity index (χ2v) is 5.35. The van der Waals surface area contributed by atoms with Crippen LogP contribution in [0.2, 0.25) is 0 Å². The summed E-state index contributed by atoms with van der Waals surface area (Å²) in [5.41, 5.74) is 0.971. The molecule has 1 aromatic heterocycles. The van der Waals surface area contributed by atoms with Gasteiger partial charge in [-0.1, -0.05) is 0 Å². The van der Waals surface area contributed by atoms with Crippen molar-refractivity contribution in [2.24, 2.45) is 5.92 Å². The van der Waals surface area contributed by atoms with Gasteiger partial charge in [-0.05, 0) is 31.4 Å². The minimum absolute atomic E-state index is 0.106.